The van der Waals surface area contributed by atoms with E-state index in [1.807, 2.05) is 42.6 Å². The Morgan fingerprint density at radius 1 is 1.10 bits per heavy atom. The second-order valence-electron chi connectivity index (χ2n) is 4.72. The molecule has 0 unspecified atom stereocenters. The van der Waals surface area contributed by atoms with E-state index in [1.54, 1.807) is 12.1 Å². The molecule has 1 heterocycles. The zero-order valence-electron chi connectivity index (χ0n) is 11.6. The van der Waals surface area contributed by atoms with Gasteiger partial charge in [0.1, 0.15) is 5.75 Å². The number of hydrogen-bond acceptors (Lipinski definition) is 3. The third kappa shape index (κ3) is 2.67. The molecular formula is C17H15NO2S. The first-order valence-electron chi connectivity index (χ1n) is 6.78. The largest absolute Gasteiger partial charge is 0.508 e. The molecule has 0 aliphatic rings. The van der Waals surface area contributed by atoms with Crippen molar-refractivity contribution < 1.29 is 5.11 Å². The van der Waals surface area contributed by atoms with Gasteiger partial charge in [-0.1, -0.05) is 23.9 Å². The first kappa shape index (κ1) is 13.8. The van der Waals surface area contributed by atoms with Crippen molar-refractivity contribution in [3.8, 4) is 5.75 Å². The minimum atomic E-state index is 0.0494. The molecule has 1 N–H and O–H groups in total. The number of pyridine rings is 1. The van der Waals surface area contributed by atoms with Crippen LogP contribution in [0.15, 0.2) is 69.3 Å². The summed E-state index contributed by atoms with van der Waals surface area (Å²) in [5.74, 6) is 0.226. The molecule has 4 heteroatoms. The molecule has 0 saturated heterocycles. The molecule has 0 aliphatic carbocycles. The van der Waals surface area contributed by atoms with Gasteiger partial charge in [0.2, 0.25) is 5.43 Å². The van der Waals surface area contributed by atoms with E-state index in [0.29, 0.717) is 4.90 Å². The SMILES string of the molecule is CCn1cc(Sc2ccc(O)cc2)c(=O)c2ccccc21. The summed E-state index contributed by atoms with van der Waals surface area (Å²) in [7, 11) is 0. The average Bonchev–Trinajstić information content (AvgIpc) is 2.52. The number of phenols is 1. The normalized spacial score (nSPS) is 10.9. The highest BCUT2D eigenvalue weighted by molar-refractivity contribution is 7.99. The fraction of sp³-hybridized carbons (Fsp3) is 0.118. The van der Waals surface area contributed by atoms with E-state index in [0.717, 1.165) is 22.3 Å². The van der Waals surface area contributed by atoms with Crippen LogP contribution in [0.3, 0.4) is 0 Å². The van der Waals surface area contributed by atoms with Crippen LogP contribution in [0.5, 0.6) is 5.75 Å². The number of phenolic OH excluding ortho intramolecular Hbond substituents is 1. The Kier molecular flexibility index (Phi) is 3.71. The molecule has 106 valence electrons. The minimum absolute atomic E-state index is 0.0494. The van der Waals surface area contributed by atoms with E-state index in [1.165, 1.54) is 11.8 Å². The van der Waals surface area contributed by atoms with Crippen LogP contribution in [-0.2, 0) is 6.54 Å². The summed E-state index contributed by atoms with van der Waals surface area (Å²) in [6.07, 6.45) is 1.90. The summed E-state index contributed by atoms with van der Waals surface area (Å²) in [5.41, 5.74) is 1.01. The van der Waals surface area contributed by atoms with Crippen molar-refractivity contribution in [2.75, 3.05) is 0 Å². The van der Waals surface area contributed by atoms with Crippen LogP contribution in [0, 0.1) is 0 Å². The molecule has 3 nitrogen and oxygen atoms in total. The summed E-state index contributed by atoms with van der Waals surface area (Å²) >= 11 is 1.42. The van der Waals surface area contributed by atoms with Crippen LogP contribution >= 0.6 is 11.8 Å². The maximum Gasteiger partial charge on any atom is 0.203 e. The quantitative estimate of drug-likeness (QED) is 0.797. The smallest absolute Gasteiger partial charge is 0.203 e. The van der Waals surface area contributed by atoms with E-state index in [2.05, 4.69) is 11.5 Å². The summed E-state index contributed by atoms with van der Waals surface area (Å²) in [5, 5.41) is 10.1. The molecule has 3 rings (SSSR count). The number of aryl methyl sites for hydroxylation is 1. The number of para-hydroxylation sites is 1. The Bertz CT molecular complexity index is 838. The molecule has 0 bridgehead atoms. The maximum atomic E-state index is 12.6. The topological polar surface area (TPSA) is 42.2 Å². The first-order chi connectivity index (χ1) is 10.2. The lowest BCUT2D eigenvalue weighted by molar-refractivity contribution is 0.475. The molecule has 0 spiro atoms. The number of benzene rings is 2. The molecule has 0 radical (unpaired) electrons. The van der Waals surface area contributed by atoms with Crippen LogP contribution in [0.1, 0.15) is 6.92 Å². The van der Waals surface area contributed by atoms with Gasteiger partial charge in [0.25, 0.3) is 0 Å². The number of fused-ring (bicyclic) bond motifs is 1. The molecule has 0 aliphatic heterocycles. The molecule has 1 aromatic heterocycles. The van der Waals surface area contributed by atoms with Crippen molar-refractivity contribution in [2.45, 2.75) is 23.3 Å². The standard InChI is InChI=1S/C17H15NO2S/c1-2-18-11-16(21-13-9-7-12(19)8-10-13)17(20)14-5-3-4-6-15(14)18/h3-11,19H,2H2,1H3. The van der Waals surface area contributed by atoms with Crippen molar-refractivity contribution in [1.29, 1.82) is 0 Å². The number of aromatic nitrogens is 1. The lowest BCUT2D eigenvalue weighted by atomic mass is 10.2. The highest BCUT2D eigenvalue weighted by atomic mass is 32.2. The summed E-state index contributed by atoms with van der Waals surface area (Å²) in [6, 6.07) is 14.5. The number of aromatic hydroxyl groups is 1. The molecule has 0 saturated carbocycles. The van der Waals surface area contributed by atoms with Gasteiger partial charge in [0.15, 0.2) is 0 Å². The Hall–Kier alpha value is -2.20. The Labute approximate surface area is 126 Å². The highest BCUT2D eigenvalue weighted by Crippen LogP contribution is 2.28. The van der Waals surface area contributed by atoms with E-state index in [4.69, 9.17) is 0 Å². The second-order valence-corrected chi connectivity index (χ2v) is 5.84. The average molecular weight is 297 g/mol. The predicted molar refractivity (Wildman–Crippen MR) is 86.1 cm³/mol. The summed E-state index contributed by atoms with van der Waals surface area (Å²) in [4.78, 5) is 14.2. The zero-order valence-corrected chi connectivity index (χ0v) is 12.4. The Balaban J connectivity index is 2.12. The van der Waals surface area contributed by atoms with Crippen LogP contribution < -0.4 is 5.43 Å². The van der Waals surface area contributed by atoms with Crippen molar-refractivity contribution in [2.24, 2.45) is 0 Å². The van der Waals surface area contributed by atoms with Gasteiger partial charge in [-0.25, -0.2) is 0 Å². The van der Waals surface area contributed by atoms with Crippen LogP contribution in [0.2, 0.25) is 0 Å². The van der Waals surface area contributed by atoms with Gasteiger partial charge < -0.3 is 9.67 Å². The van der Waals surface area contributed by atoms with Crippen molar-refractivity contribution >= 4 is 22.7 Å². The van der Waals surface area contributed by atoms with E-state index in [9.17, 15) is 9.90 Å². The van der Waals surface area contributed by atoms with Crippen LogP contribution in [0.4, 0.5) is 0 Å². The molecule has 2 aromatic carbocycles. The van der Waals surface area contributed by atoms with E-state index in [-0.39, 0.29) is 11.2 Å². The molecular weight excluding hydrogens is 282 g/mol. The Morgan fingerprint density at radius 3 is 2.52 bits per heavy atom. The molecule has 3 aromatic rings. The van der Waals surface area contributed by atoms with Gasteiger partial charge in [0.05, 0.1) is 10.4 Å². The van der Waals surface area contributed by atoms with Gasteiger partial charge in [-0.3, -0.25) is 4.79 Å². The van der Waals surface area contributed by atoms with Crippen molar-refractivity contribution in [1.82, 2.24) is 4.57 Å². The van der Waals surface area contributed by atoms with Crippen molar-refractivity contribution in [3.63, 3.8) is 0 Å². The third-order valence-corrected chi connectivity index (χ3v) is 4.38. The van der Waals surface area contributed by atoms with Crippen LogP contribution in [-0.4, -0.2) is 9.67 Å². The fourth-order valence-corrected chi connectivity index (χ4v) is 3.20. The monoisotopic (exact) mass is 297 g/mol. The predicted octanol–water partition coefficient (Wildman–Crippen LogP) is 3.88. The minimum Gasteiger partial charge on any atom is -0.508 e. The third-order valence-electron chi connectivity index (χ3n) is 3.36. The maximum absolute atomic E-state index is 12.6. The van der Waals surface area contributed by atoms with E-state index < -0.39 is 0 Å². The Morgan fingerprint density at radius 2 is 1.81 bits per heavy atom. The van der Waals surface area contributed by atoms with Gasteiger partial charge >= 0.3 is 0 Å². The zero-order chi connectivity index (χ0) is 14.8. The molecule has 21 heavy (non-hydrogen) atoms. The fourth-order valence-electron chi connectivity index (χ4n) is 2.29. The number of rotatable bonds is 3. The van der Waals surface area contributed by atoms with Gasteiger partial charge in [0, 0.05) is 23.0 Å². The van der Waals surface area contributed by atoms with Crippen LogP contribution in [0.25, 0.3) is 10.9 Å². The highest BCUT2D eigenvalue weighted by Gasteiger charge is 2.09. The number of hydrogen-bond donors (Lipinski definition) is 1. The lowest BCUT2D eigenvalue weighted by Gasteiger charge is -2.11. The molecule has 0 atom stereocenters. The summed E-state index contributed by atoms with van der Waals surface area (Å²) in [6.45, 7) is 2.87. The first-order valence-corrected chi connectivity index (χ1v) is 7.60. The number of nitrogens with zero attached hydrogens (tertiary/aromatic N) is 1. The van der Waals surface area contributed by atoms with E-state index >= 15 is 0 Å². The second kappa shape index (κ2) is 5.66. The molecule has 0 fully saturated rings. The lowest BCUT2D eigenvalue weighted by Crippen LogP contribution is -2.10. The van der Waals surface area contributed by atoms with Crippen molar-refractivity contribution in [3.05, 3.63) is 65.0 Å². The molecule has 0 amide bonds. The van der Waals surface area contributed by atoms with Gasteiger partial charge in [-0.2, -0.15) is 0 Å². The summed E-state index contributed by atoms with van der Waals surface area (Å²) < 4.78 is 2.08. The van der Waals surface area contributed by atoms with Gasteiger partial charge in [-0.05, 0) is 43.3 Å². The van der Waals surface area contributed by atoms with Gasteiger partial charge in [-0.15, -0.1) is 0 Å².